The minimum atomic E-state index is -0.448. The highest BCUT2D eigenvalue weighted by atomic mass is 32.1. The number of nitriles is 1. The van der Waals surface area contributed by atoms with Crippen LogP contribution in [0.5, 0.6) is 0 Å². The Morgan fingerprint density at radius 2 is 2.13 bits per heavy atom. The molecule has 7 heteroatoms. The molecule has 0 aliphatic rings. The summed E-state index contributed by atoms with van der Waals surface area (Å²) in [6.07, 6.45) is 3.16. The predicted molar refractivity (Wildman–Crippen MR) is 86.4 cm³/mol. The molecular weight excluding hydrogens is 314 g/mol. The van der Waals surface area contributed by atoms with Gasteiger partial charge >= 0.3 is 0 Å². The third-order valence-electron chi connectivity index (χ3n) is 3.06. The summed E-state index contributed by atoms with van der Waals surface area (Å²) in [7, 11) is 0. The van der Waals surface area contributed by atoms with Crippen molar-refractivity contribution >= 4 is 28.7 Å². The number of non-ortho nitro benzene ring substituents is 1. The van der Waals surface area contributed by atoms with Crippen LogP contribution in [0.1, 0.15) is 10.8 Å². The summed E-state index contributed by atoms with van der Waals surface area (Å²) < 4.78 is 5.20. The lowest BCUT2D eigenvalue weighted by Gasteiger charge is -1.96. The van der Waals surface area contributed by atoms with Crippen molar-refractivity contribution in [3.8, 4) is 17.3 Å². The highest BCUT2D eigenvalue weighted by molar-refractivity contribution is 7.11. The van der Waals surface area contributed by atoms with Gasteiger partial charge in [-0.05, 0) is 24.3 Å². The molecule has 112 valence electrons. The SMILES string of the molecule is N#C/C(=C\c1ccco1)c1nc(-c2ccc([N+](=O)[O-])cc2)cs1. The highest BCUT2D eigenvalue weighted by Crippen LogP contribution is 2.28. The molecule has 3 rings (SSSR count). The molecule has 0 unspecified atom stereocenters. The zero-order chi connectivity index (χ0) is 16.2. The van der Waals surface area contributed by atoms with Gasteiger partial charge in [0.15, 0.2) is 0 Å². The number of nitro groups is 1. The first kappa shape index (κ1) is 14.7. The maximum absolute atomic E-state index is 10.7. The van der Waals surface area contributed by atoms with Gasteiger partial charge in [0, 0.05) is 29.2 Å². The molecule has 0 saturated carbocycles. The summed E-state index contributed by atoms with van der Waals surface area (Å²) in [5.74, 6) is 0.577. The molecule has 0 fully saturated rings. The molecule has 2 aromatic heterocycles. The molecule has 0 bridgehead atoms. The van der Waals surface area contributed by atoms with E-state index in [0.717, 1.165) is 5.56 Å². The summed E-state index contributed by atoms with van der Waals surface area (Å²) >= 11 is 1.33. The van der Waals surface area contributed by atoms with E-state index in [2.05, 4.69) is 11.1 Å². The van der Waals surface area contributed by atoms with E-state index in [4.69, 9.17) is 4.42 Å². The molecule has 0 saturated heterocycles. The molecule has 0 amide bonds. The lowest BCUT2D eigenvalue weighted by atomic mass is 10.1. The Bertz CT molecular complexity index is 903. The molecule has 0 spiro atoms. The average Bonchev–Trinajstić information content (AvgIpc) is 3.24. The van der Waals surface area contributed by atoms with Gasteiger partial charge in [-0.25, -0.2) is 4.98 Å². The Morgan fingerprint density at radius 3 is 2.74 bits per heavy atom. The third-order valence-corrected chi connectivity index (χ3v) is 3.93. The number of rotatable bonds is 4. The molecule has 0 aliphatic heterocycles. The number of thiazole rings is 1. The minimum Gasteiger partial charge on any atom is -0.465 e. The highest BCUT2D eigenvalue weighted by Gasteiger charge is 2.11. The molecule has 2 heterocycles. The molecule has 0 aliphatic carbocycles. The summed E-state index contributed by atoms with van der Waals surface area (Å²) in [6, 6.07) is 11.7. The fourth-order valence-corrected chi connectivity index (χ4v) is 2.74. The van der Waals surface area contributed by atoms with Crippen LogP contribution in [0.3, 0.4) is 0 Å². The summed E-state index contributed by atoms with van der Waals surface area (Å²) in [5.41, 5.74) is 1.85. The molecule has 3 aromatic rings. The number of hydrogen-bond acceptors (Lipinski definition) is 6. The lowest BCUT2D eigenvalue weighted by molar-refractivity contribution is -0.384. The van der Waals surface area contributed by atoms with E-state index in [1.807, 2.05) is 5.38 Å². The molecule has 0 radical (unpaired) electrons. The first-order valence-corrected chi connectivity index (χ1v) is 7.41. The largest absolute Gasteiger partial charge is 0.465 e. The van der Waals surface area contributed by atoms with Gasteiger partial charge in [0.25, 0.3) is 5.69 Å². The monoisotopic (exact) mass is 323 g/mol. The quantitative estimate of drug-likeness (QED) is 0.403. The summed E-state index contributed by atoms with van der Waals surface area (Å²) in [6.45, 7) is 0. The first-order chi connectivity index (χ1) is 11.2. The Labute approximate surface area is 135 Å². The Hall–Kier alpha value is -3.24. The standard InChI is InChI=1S/C16H9N3O3S/c17-9-12(8-14-2-1-7-22-14)16-18-15(10-23-16)11-3-5-13(6-4-11)19(20)21/h1-8,10H/b12-8+. The van der Waals surface area contributed by atoms with E-state index in [1.165, 1.54) is 29.7 Å². The zero-order valence-corrected chi connectivity index (χ0v) is 12.5. The number of furan rings is 1. The van der Waals surface area contributed by atoms with Crippen molar-refractivity contribution in [2.75, 3.05) is 0 Å². The van der Waals surface area contributed by atoms with Gasteiger partial charge in [-0.3, -0.25) is 10.1 Å². The van der Waals surface area contributed by atoms with E-state index in [9.17, 15) is 15.4 Å². The predicted octanol–water partition coefficient (Wildman–Crippen LogP) is 4.38. The van der Waals surface area contributed by atoms with E-state index in [0.29, 0.717) is 22.0 Å². The number of hydrogen-bond donors (Lipinski definition) is 0. The van der Waals surface area contributed by atoms with Crippen LogP contribution in [-0.2, 0) is 0 Å². The molecule has 0 atom stereocenters. The van der Waals surface area contributed by atoms with Gasteiger partial charge < -0.3 is 4.42 Å². The maximum atomic E-state index is 10.7. The fourth-order valence-electron chi connectivity index (χ4n) is 1.94. The van der Waals surface area contributed by atoms with Crippen molar-refractivity contribution in [2.24, 2.45) is 0 Å². The van der Waals surface area contributed by atoms with Crippen molar-refractivity contribution in [3.05, 3.63) is 68.9 Å². The van der Waals surface area contributed by atoms with Crippen LogP contribution in [0.25, 0.3) is 22.9 Å². The number of aromatic nitrogens is 1. The van der Waals surface area contributed by atoms with Gasteiger partial charge in [0.1, 0.15) is 16.8 Å². The van der Waals surface area contributed by atoms with Crippen molar-refractivity contribution in [3.63, 3.8) is 0 Å². The lowest BCUT2D eigenvalue weighted by Crippen LogP contribution is -1.87. The molecule has 1 aromatic carbocycles. The second-order valence-corrected chi connectivity index (χ2v) is 5.39. The Morgan fingerprint density at radius 1 is 1.35 bits per heavy atom. The van der Waals surface area contributed by atoms with Crippen LogP contribution in [-0.4, -0.2) is 9.91 Å². The second kappa shape index (κ2) is 6.25. The van der Waals surface area contributed by atoms with Crippen LogP contribution in [0.15, 0.2) is 52.5 Å². The van der Waals surface area contributed by atoms with Crippen LogP contribution < -0.4 is 0 Å². The van der Waals surface area contributed by atoms with E-state index < -0.39 is 4.92 Å². The van der Waals surface area contributed by atoms with Gasteiger partial charge in [-0.2, -0.15) is 5.26 Å². The van der Waals surface area contributed by atoms with E-state index >= 15 is 0 Å². The van der Waals surface area contributed by atoms with Crippen molar-refractivity contribution in [2.45, 2.75) is 0 Å². The number of nitro benzene ring substituents is 1. The smallest absolute Gasteiger partial charge is 0.269 e. The van der Waals surface area contributed by atoms with Crippen molar-refractivity contribution < 1.29 is 9.34 Å². The van der Waals surface area contributed by atoms with Gasteiger partial charge in [-0.15, -0.1) is 11.3 Å². The normalized spacial score (nSPS) is 11.2. The van der Waals surface area contributed by atoms with Gasteiger partial charge in [-0.1, -0.05) is 0 Å². The minimum absolute atomic E-state index is 0.0274. The van der Waals surface area contributed by atoms with Crippen LogP contribution in [0, 0.1) is 21.4 Å². The number of nitrogens with zero attached hydrogens (tertiary/aromatic N) is 3. The van der Waals surface area contributed by atoms with Crippen LogP contribution >= 0.6 is 11.3 Å². The van der Waals surface area contributed by atoms with E-state index in [1.54, 1.807) is 30.3 Å². The topological polar surface area (TPSA) is 93.0 Å². The van der Waals surface area contributed by atoms with Crippen LogP contribution in [0.4, 0.5) is 5.69 Å². The molecule has 6 nitrogen and oxygen atoms in total. The van der Waals surface area contributed by atoms with Crippen LogP contribution in [0.2, 0.25) is 0 Å². The average molecular weight is 323 g/mol. The van der Waals surface area contributed by atoms with Gasteiger partial charge in [0.2, 0.25) is 0 Å². The third kappa shape index (κ3) is 3.17. The van der Waals surface area contributed by atoms with Crippen molar-refractivity contribution in [1.82, 2.24) is 4.98 Å². The number of allylic oxidation sites excluding steroid dienone is 1. The van der Waals surface area contributed by atoms with E-state index in [-0.39, 0.29) is 5.69 Å². The zero-order valence-electron chi connectivity index (χ0n) is 11.7. The fraction of sp³-hybridized carbons (Fsp3) is 0. The second-order valence-electron chi connectivity index (χ2n) is 4.53. The molecule has 23 heavy (non-hydrogen) atoms. The Balaban J connectivity index is 1.90. The summed E-state index contributed by atoms with van der Waals surface area (Å²) in [4.78, 5) is 14.6. The molecular formula is C16H9N3O3S. The molecule has 0 N–H and O–H groups in total. The maximum Gasteiger partial charge on any atom is 0.269 e. The van der Waals surface area contributed by atoms with Gasteiger partial charge in [0.05, 0.1) is 22.5 Å². The van der Waals surface area contributed by atoms with Crippen molar-refractivity contribution in [1.29, 1.82) is 5.26 Å². The Kier molecular flexibility index (Phi) is 3.99. The first-order valence-electron chi connectivity index (χ1n) is 6.53. The number of benzene rings is 1. The summed E-state index contributed by atoms with van der Waals surface area (Å²) in [5, 5.41) is 22.3.